The summed E-state index contributed by atoms with van der Waals surface area (Å²) in [5, 5.41) is 0. The lowest BCUT2D eigenvalue weighted by atomic mass is 10.2. The van der Waals surface area contributed by atoms with Crippen LogP contribution in [0.2, 0.25) is 0 Å². The van der Waals surface area contributed by atoms with Gasteiger partial charge in [0.05, 0.1) is 5.56 Å². The maximum atomic E-state index is 12.3. The molecule has 0 N–H and O–H groups in total. The van der Waals surface area contributed by atoms with Crippen LogP contribution in [-0.4, -0.2) is 41.4 Å². The zero-order valence-electron chi connectivity index (χ0n) is 11.7. The second kappa shape index (κ2) is 6.44. The van der Waals surface area contributed by atoms with Gasteiger partial charge < -0.3 is 4.74 Å². The van der Waals surface area contributed by atoms with Gasteiger partial charge >= 0.3 is 6.18 Å². The molecule has 9 heteroatoms. The summed E-state index contributed by atoms with van der Waals surface area (Å²) < 4.78 is 58.7. The van der Waals surface area contributed by atoms with E-state index in [1.807, 2.05) is 0 Å². The second-order valence-corrected chi connectivity index (χ2v) is 6.81. The number of carbonyl (C=O) groups is 1. The van der Waals surface area contributed by atoms with E-state index in [0.717, 1.165) is 24.3 Å². The van der Waals surface area contributed by atoms with Gasteiger partial charge in [-0.15, -0.1) is 4.36 Å². The van der Waals surface area contributed by atoms with Gasteiger partial charge in [0.2, 0.25) is 0 Å². The molecule has 5 nitrogen and oxygen atoms in total. The van der Waals surface area contributed by atoms with E-state index in [1.54, 1.807) is 0 Å². The minimum Gasteiger partial charge on any atom is -0.484 e. The molecule has 118 valence electrons. The van der Waals surface area contributed by atoms with Crippen LogP contribution in [0.5, 0.6) is 5.75 Å². The summed E-state index contributed by atoms with van der Waals surface area (Å²) in [4.78, 5) is 11.5. The molecule has 1 rings (SSSR count). The molecule has 0 aliphatic carbocycles. The third-order valence-electron chi connectivity index (χ3n) is 2.49. The van der Waals surface area contributed by atoms with Gasteiger partial charge in [0.1, 0.15) is 15.7 Å². The fourth-order valence-electron chi connectivity index (χ4n) is 1.18. The Morgan fingerprint density at radius 2 is 1.81 bits per heavy atom. The van der Waals surface area contributed by atoms with Crippen molar-refractivity contribution >= 4 is 15.8 Å². The summed E-state index contributed by atoms with van der Waals surface area (Å²) in [7, 11) is 0.222. The number of nitrogens with zero attached hydrogens (tertiary/aromatic N) is 2. The Morgan fingerprint density at radius 3 is 2.24 bits per heavy atom. The molecule has 0 heterocycles. The average molecular weight is 324 g/mol. The van der Waals surface area contributed by atoms with Crippen LogP contribution < -0.4 is 4.74 Å². The fraction of sp³-hybridized carbons (Fsp3) is 0.417. The van der Waals surface area contributed by atoms with Gasteiger partial charge in [-0.3, -0.25) is 4.79 Å². The highest BCUT2D eigenvalue weighted by atomic mass is 32.2. The van der Waals surface area contributed by atoms with Crippen LogP contribution in [0.1, 0.15) is 5.56 Å². The Hall–Kier alpha value is -1.61. The predicted molar refractivity (Wildman–Crippen MR) is 72.1 cm³/mol. The van der Waals surface area contributed by atoms with Crippen molar-refractivity contribution in [2.75, 3.05) is 27.0 Å². The molecule has 0 radical (unpaired) electrons. The van der Waals surface area contributed by atoms with E-state index in [4.69, 9.17) is 4.74 Å². The number of hydrogen-bond acceptors (Lipinski definition) is 3. The molecule has 1 amide bonds. The lowest BCUT2D eigenvalue weighted by Gasteiger charge is -2.11. The Kier molecular flexibility index (Phi) is 5.35. The number of carbonyl (C=O) groups excluding carboxylic acids is 1. The molecule has 0 aliphatic rings. The monoisotopic (exact) mass is 324 g/mol. The van der Waals surface area contributed by atoms with Crippen molar-refractivity contribution in [2.45, 2.75) is 6.18 Å². The number of alkyl halides is 3. The lowest BCUT2D eigenvalue weighted by molar-refractivity contribution is -0.137. The van der Waals surface area contributed by atoms with Crippen molar-refractivity contribution in [1.82, 2.24) is 4.31 Å². The van der Waals surface area contributed by atoms with Crippen LogP contribution in [-0.2, 0) is 20.9 Å². The highest BCUT2D eigenvalue weighted by Crippen LogP contribution is 2.30. The maximum Gasteiger partial charge on any atom is 0.416 e. The second-order valence-electron chi connectivity index (χ2n) is 4.37. The van der Waals surface area contributed by atoms with Crippen LogP contribution in [0.15, 0.2) is 28.6 Å². The van der Waals surface area contributed by atoms with Crippen LogP contribution in [0.3, 0.4) is 0 Å². The molecule has 0 spiro atoms. The molecule has 0 fully saturated rings. The molecule has 0 saturated carbocycles. The number of ether oxygens (including phenoxy) is 1. The van der Waals surface area contributed by atoms with Gasteiger partial charge in [0.15, 0.2) is 6.61 Å². The molecule has 1 aromatic rings. The third-order valence-corrected chi connectivity index (χ3v) is 4.39. The standard InChI is InChI=1S/C12H15F3N2O3S/c1-17(2)21(3,19)16-11(18)8-20-10-6-4-9(5-7-10)12(13,14)15/h4-7H,8H2,1-3H3. The lowest BCUT2D eigenvalue weighted by Crippen LogP contribution is -2.23. The van der Waals surface area contributed by atoms with Crippen molar-refractivity contribution in [3.63, 3.8) is 0 Å². The Labute approximate surface area is 121 Å². The summed E-state index contributed by atoms with van der Waals surface area (Å²) >= 11 is 0. The van der Waals surface area contributed by atoms with E-state index in [2.05, 4.69) is 4.36 Å². The normalized spacial score (nSPS) is 14.6. The molecule has 0 saturated heterocycles. The number of halogens is 3. The highest BCUT2D eigenvalue weighted by molar-refractivity contribution is 7.90. The highest BCUT2D eigenvalue weighted by Gasteiger charge is 2.30. The van der Waals surface area contributed by atoms with E-state index in [0.29, 0.717) is 0 Å². The van der Waals surface area contributed by atoms with Crippen molar-refractivity contribution in [2.24, 2.45) is 4.36 Å². The van der Waals surface area contributed by atoms with Crippen molar-refractivity contribution < 1.29 is 26.9 Å². The van der Waals surface area contributed by atoms with Gasteiger partial charge in [-0.1, -0.05) is 0 Å². The molecule has 1 aromatic carbocycles. The van der Waals surface area contributed by atoms with Crippen LogP contribution in [0, 0.1) is 0 Å². The molecule has 1 atom stereocenters. The number of benzene rings is 1. The van der Waals surface area contributed by atoms with Crippen molar-refractivity contribution in [3.05, 3.63) is 29.8 Å². The minimum absolute atomic E-state index is 0.0963. The van der Waals surface area contributed by atoms with Crippen LogP contribution in [0.4, 0.5) is 13.2 Å². The van der Waals surface area contributed by atoms with E-state index in [1.165, 1.54) is 24.7 Å². The average Bonchev–Trinajstić information content (AvgIpc) is 2.35. The van der Waals surface area contributed by atoms with E-state index >= 15 is 0 Å². The SMILES string of the molecule is CN(C)S(C)(=O)=NC(=O)COc1ccc(C(F)(F)F)cc1. The number of amides is 1. The largest absolute Gasteiger partial charge is 0.484 e. The van der Waals surface area contributed by atoms with Gasteiger partial charge in [-0.05, 0) is 24.3 Å². The first-order valence-corrected chi connectivity index (χ1v) is 7.63. The van der Waals surface area contributed by atoms with E-state index < -0.39 is 34.2 Å². The summed E-state index contributed by atoms with van der Waals surface area (Å²) in [6.45, 7) is -0.496. The molecular formula is C12H15F3N2O3S. The maximum absolute atomic E-state index is 12.3. The molecular weight excluding hydrogens is 309 g/mol. The Morgan fingerprint density at radius 1 is 1.29 bits per heavy atom. The summed E-state index contributed by atoms with van der Waals surface area (Å²) in [5.74, 6) is -0.657. The summed E-state index contributed by atoms with van der Waals surface area (Å²) in [5.41, 5.74) is -0.810. The smallest absolute Gasteiger partial charge is 0.416 e. The van der Waals surface area contributed by atoms with Gasteiger partial charge in [-0.25, -0.2) is 8.51 Å². The first-order chi connectivity index (χ1) is 9.52. The molecule has 0 bridgehead atoms. The van der Waals surface area contributed by atoms with Crippen molar-refractivity contribution in [3.8, 4) is 5.75 Å². The molecule has 0 aliphatic heterocycles. The van der Waals surface area contributed by atoms with Crippen LogP contribution >= 0.6 is 0 Å². The number of rotatable bonds is 4. The molecule has 0 aromatic heterocycles. The predicted octanol–water partition coefficient (Wildman–Crippen LogP) is 2.19. The summed E-state index contributed by atoms with van der Waals surface area (Å²) in [6, 6.07) is 3.90. The number of hydrogen-bond donors (Lipinski definition) is 0. The Bertz CT molecular complexity index is 618. The topological polar surface area (TPSA) is 59.0 Å². The molecule has 21 heavy (non-hydrogen) atoms. The zero-order valence-corrected chi connectivity index (χ0v) is 12.5. The minimum atomic E-state index is -4.43. The van der Waals surface area contributed by atoms with Crippen molar-refractivity contribution in [1.29, 1.82) is 0 Å². The molecule has 1 unspecified atom stereocenters. The van der Waals surface area contributed by atoms with E-state index in [9.17, 15) is 22.2 Å². The van der Waals surface area contributed by atoms with Gasteiger partial charge in [0, 0.05) is 20.4 Å². The first-order valence-electron chi connectivity index (χ1n) is 5.75. The quantitative estimate of drug-likeness (QED) is 0.853. The van der Waals surface area contributed by atoms with Gasteiger partial charge in [0.25, 0.3) is 5.91 Å². The third kappa shape index (κ3) is 5.35. The Balaban J connectivity index is 2.69. The fourth-order valence-corrected chi connectivity index (χ4v) is 1.78. The summed E-state index contributed by atoms with van der Waals surface area (Å²) in [6.07, 6.45) is -3.13. The van der Waals surface area contributed by atoms with Gasteiger partial charge in [-0.2, -0.15) is 13.2 Å². The zero-order chi connectivity index (χ0) is 16.3. The van der Waals surface area contributed by atoms with Crippen LogP contribution in [0.25, 0.3) is 0 Å². The van der Waals surface area contributed by atoms with E-state index in [-0.39, 0.29) is 5.75 Å². The first kappa shape index (κ1) is 17.4.